The summed E-state index contributed by atoms with van der Waals surface area (Å²) in [6.07, 6.45) is 1.44. The second kappa shape index (κ2) is 5.61. The van der Waals surface area contributed by atoms with Gasteiger partial charge in [0.05, 0.1) is 18.3 Å². The molecular formula is C14H9N5O4. The van der Waals surface area contributed by atoms with Crippen molar-refractivity contribution >= 4 is 5.69 Å². The Morgan fingerprint density at radius 2 is 2.26 bits per heavy atom. The Hall–Kier alpha value is -3.67. The van der Waals surface area contributed by atoms with Crippen LogP contribution in [0, 0.1) is 21.4 Å². The number of nitro benzene ring substituents is 1. The predicted octanol–water partition coefficient (Wildman–Crippen LogP) is 2.32. The lowest BCUT2D eigenvalue weighted by molar-refractivity contribution is -0.384. The minimum atomic E-state index is -0.530. The molecule has 0 aliphatic rings. The van der Waals surface area contributed by atoms with Gasteiger partial charge in [-0.25, -0.2) is 4.68 Å². The van der Waals surface area contributed by atoms with E-state index in [4.69, 9.17) is 9.15 Å². The predicted molar refractivity (Wildman–Crippen MR) is 77.0 cm³/mol. The Morgan fingerprint density at radius 3 is 2.87 bits per heavy atom. The lowest BCUT2D eigenvalue weighted by Crippen LogP contribution is -2.03. The highest BCUT2D eigenvalue weighted by atomic mass is 16.6. The number of furan rings is 1. The molecule has 2 aromatic heterocycles. The number of nitrogens with zero attached hydrogens (tertiary/aromatic N) is 5. The molecule has 0 unspecified atom stereocenters. The van der Waals surface area contributed by atoms with Gasteiger partial charge < -0.3 is 9.15 Å². The molecule has 0 aliphatic carbocycles. The van der Waals surface area contributed by atoms with E-state index in [9.17, 15) is 15.4 Å². The summed E-state index contributed by atoms with van der Waals surface area (Å²) in [4.78, 5) is 10.5. The average molecular weight is 311 g/mol. The third kappa shape index (κ3) is 2.38. The van der Waals surface area contributed by atoms with E-state index >= 15 is 0 Å². The van der Waals surface area contributed by atoms with Crippen LogP contribution in [0.1, 0.15) is 5.69 Å². The van der Waals surface area contributed by atoms with Crippen LogP contribution in [-0.4, -0.2) is 27.0 Å². The first-order valence-electron chi connectivity index (χ1n) is 6.38. The van der Waals surface area contributed by atoms with Gasteiger partial charge in [0.2, 0.25) is 0 Å². The van der Waals surface area contributed by atoms with Crippen molar-refractivity contribution in [3.8, 4) is 29.0 Å². The summed E-state index contributed by atoms with van der Waals surface area (Å²) >= 11 is 0. The topological polar surface area (TPSA) is 120 Å². The summed E-state index contributed by atoms with van der Waals surface area (Å²) < 4.78 is 11.8. The van der Waals surface area contributed by atoms with E-state index in [0.717, 1.165) is 0 Å². The number of nitriles is 1. The number of methoxy groups -OCH3 is 1. The van der Waals surface area contributed by atoms with Crippen LogP contribution >= 0.6 is 0 Å². The summed E-state index contributed by atoms with van der Waals surface area (Å²) in [7, 11) is 1.43. The molecule has 2 heterocycles. The molecule has 3 rings (SSSR count). The largest absolute Gasteiger partial charge is 0.494 e. The smallest absolute Gasteiger partial charge is 0.271 e. The number of benzene rings is 1. The van der Waals surface area contributed by atoms with Crippen LogP contribution in [0.5, 0.6) is 5.75 Å². The summed E-state index contributed by atoms with van der Waals surface area (Å²) in [5, 5.41) is 27.9. The lowest BCUT2D eigenvalue weighted by Gasteiger charge is -2.09. The van der Waals surface area contributed by atoms with Gasteiger partial charge in [0.25, 0.3) is 5.69 Å². The van der Waals surface area contributed by atoms with Crippen molar-refractivity contribution in [2.45, 2.75) is 0 Å². The number of non-ortho nitro benzene ring substituents is 1. The summed E-state index contributed by atoms with van der Waals surface area (Å²) in [6, 6.07) is 9.27. The molecule has 0 saturated heterocycles. The number of aromatic nitrogens is 3. The van der Waals surface area contributed by atoms with Crippen LogP contribution in [0.3, 0.4) is 0 Å². The average Bonchev–Trinajstić information content (AvgIpc) is 3.22. The molecule has 0 amide bonds. The quantitative estimate of drug-likeness (QED) is 0.535. The van der Waals surface area contributed by atoms with E-state index in [1.54, 1.807) is 12.1 Å². The molecule has 0 saturated carbocycles. The van der Waals surface area contributed by atoms with E-state index in [1.807, 2.05) is 6.07 Å². The fourth-order valence-corrected chi connectivity index (χ4v) is 2.12. The van der Waals surface area contributed by atoms with E-state index in [2.05, 4.69) is 10.3 Å². The third-order valence-corrected chi connectivity index (χ3v) is 3.13. The molecule has 114 valence electrons. The van der Waals surface area contributed by atoms with E-state index in [1.165, 1.54) is 36.3 Å². The molecule has 0 spiro atoms. The molecular weight excluding hydrogens is 302 g/mol. The molecule has 0 fully saturated rings. The van der Waals surface area contributed by atoms with Gasteiger partial charge in [0, 0.05) is 12.1 Å². The Morgan fingerprint density at radius 1 is 1.43 bits per heavy atom. The highest BCUT2D eigenvalue weighted by Gasteiger charge is 2.22. The summed E-state index contributed by atoms with van der Waals surface area (Å²) in [6.45, 7) is 0. The van der Waals surface area contributed by atoms with Gasteiger partial charge in [-0.3, -0.25) is 10.1 Å². The van der Waals surface area contributed by atoms with Crippen LogP contribution in [0.25, 0.3) is 17.1 Å². The molecule has 0 atom stereocenters. The van der Waals surface area contributed by atoms with Gasteiger partial charge in [0.1, 0.15) is 23.2 Å². The lowest BCUT2D eigenvalue weighted by atomic mass is 10.2. The molecule has 0 aliphatic heterocycles. The molecule has 23 heavy (non-hydrogen) atoms. The van der Waals surface area contributed by atoms with Crippen LogP contribution in [0.2, 0.25) is 0 Å². The zero-order chi connectivity index (χ0) is 16.4. The van der Waals surface area contributed by atoms with Gasteiger partial charge in [-0.1, -0.05) is 5.21 Å². The van der Waals surface area contributed by atoms with Gasteiger partial charge in [-0.2, -0.15) is 5.26 Å². The van der Waals surface area contributed by atoms with Crippen LogP contribution in [0.15, 0.2) is 41.0 Å². The maximum Gasteiger partial charge on any atom is 0.271 e. The molecule has 3 aromatic rings. The first-order chi connectivity index (χ1) is 11.2. The zero-order valence-corrected chi connectivity index (χ0v) is 11.8. The highest BCUT2D eigenvalue weighted by molar-refractivity contribution is 5.65. The van der Waals surface area contributed by atoms with E-state index in [-0.39, 0.29) is 22.8 Å². The molecule has 9 nitrogen and oxygen atoms in total. The zero-order valence-electron chi connectivity index (χ0n) is 11.8. The van der Waals surface area contributed by atoms with Crippen LogP contribution < -0.4 is 4.74 Å². The van der Waals surface area contributed by atoms with Crippen molar-refractivity contribution in [2.75, 3.05) is 7.11 Å². The van der Waals surface area contributed by atoms with Crippen LogP contribution in [-0.2, 0) is 0 Å². The van der Waals surface area contributed by atoms with Gasteiger partial charge >= 0.3 is 0 Å². The standard InChI is InChI=1S/C14H9N5O4/c1-22-12-5-4-9(19(20)21)7-11(12)18-14(10(8-15)16-17-18)13-3-2-6-23-13/h2-7H,1H3. The van der Waals surface area contributed by atoms with Gasteiger partial charge in [0.15, 0.2) is 11.5 Å². The van der Waals surface area contributed by atoms with Crippen LogP contribution in [0.4, 0.5) is 5.69 Å². The monoisotopic (exact) mass is 311 g/mol. The maximum absolute atomic E-state index is 11.0. The molecule has 1 aromatic carbocycles. The summed E-state index contributed by atoms with van der Waals surface area (Å²) in [5.41, 5.74) is 0.465. The van der Waals surface area contributed by atoms with Gasteiger partial charge in [-0.05, 0) is 18.2 Å². The maximum atomic E-state index is 11.0. The summed E-state index contributed by atoms with van der Waals surface area (Å²) in [5.74, 6) is 0.706. The molecule has 9 heteroatoms. The SMILES string of the molecule is COc1ccc([N+](=O)[O-])cc1-n1nnc(C#N)c1-c1ccco1. The molecule has 0 radical (unpaired) electrons. The fraction of sp³-hybridized carbons (Fsp3) is 0.0714. The Kier molecular flexibility index (Phi) is 3.48. The number of hydrogen-bond donors (Lipinski definition) is 0. The first-order valence-corrected chi connectivity index (χ1v) is 6.38. The number of ether oxygens (including phenoxy) is 1. The van der Waals surface area contributed by atoms with E-state index in [0.29, 0.717) is 11.5 Å². The number of nitro groups is 1. The van der Waals surface area contributed by atoms with Crippen molar-refractivity contribution in [1.29, 1.82) is 5.26 Å². The molecule has 0 bridgehead atoms. The van der Waals surface area contributed by atoms with Crippen molar-refractivity contribution in [3.05, 3.63) is 52.4 Å². The van der Waals surface area contributed by atoms with Crippen molar-refractivity contribution in [2.24, 2.45) is 0 Å². The van der Waals surface area contributed by atoms with Crippen molar-refractivity contribution in [3.63, 3.8) is 0 Å². The van der Waals surface area contributed by atoms with Gasteiger partial charge in [-0.15, -0.1) is 5.10 Å². The first kappa shape index (κ1) is 14.3. The van der Waals surface area contributed by atoms with Crippen molar-refractivity contribution in [1.82, 2.24) is 15.0 Å². The fourth-order valence-electron chi connectivity index (χ4n) is 2.12. The second-order valence-electron chi connectivity index (χ2n) is 4.40. The van der Waals surface area contributed by atoms with Crippen molar-refractivity contribution < 1.29 is 14.1 Å². The Bertz CT molecular complexity index is 908. The third-order valence-electron chi connectivity index (χ3n) is 3.13. The van der Waals surface area contributed by atoms with E-state index < -0.39 is 4.92 Å². The Labute approximate surface area is 129 Å². The second-order valence-corrected chi connectivity index (χ2v) is 4.40. The minimum Gasteiger partial charge on any atom is -0.494 e. The molecule has 0 N–H and O–H groups in total. The highest BCUT2D eigenvalue weighted by Crippen LogP contribution is 2.32. The normalized spacial score (nSPS) is 10.3. The minimum absolute atomic E-state index is 0.0357. The Balaban J connectivity index is 2.28. The number of hydrogen-bond acceptors (Lipinski definition) is 7. The number of rotatable bonds is 4.